The Hall–Kier alpha value is -1.32. The predicted octanol–water partition coefficient (Wildman–Crippen LogP) is 3.10. The summed E-state index contributed by atoms with van der Waals surface area (Å²) in [6.45, 7) is 3.30. The van der Waals surface area contributed by atoms with Crippen molar-refractivity contribution >= 4 is 11.4 Å². The molecule has 0 spiro atoms. The quantitative estimate of drug-likeness (QED) is 0.480. The number of benzene rings is 2. The highest BCUT2D eigenvalue weighted by Crippen LogP contribution is 2.31. The molecule has 0 fully saturated rings. The number of unbranched alkanes of at least 4 members (excludes halogenated alkanes) is 8. The lowest BCUT2D eigenvalue weighted by atomic mass is 10.1. The van der Waals surface area contributed by atoms with Crippen LogP contribution in [-0.2, 0) is 6.54 Å². The molecule has 2 aromatic rings. The smallest absolute Gasteiger partial charge is 0.168 e. The van der Waals surface area contributed by atoms with E-state index >= 15 is 0 Å². The summed E-state index contributed by atoms with van der Waals surface area (Å²) in [6.07, 6.45) is 14.4. The Labute approximate surface area is 189 Å². The van der Waals surface area contributed by atoms with Crippen molar-refractivity contribution in [2.45, 2.75) is 83.8 Å². The molecule has 0 aromatic heterocycles. The third-order valence-electron chi connectivity index (χ3n) is 6.29. The molecule has 2 atom stereocenters. The van der Waals surface area contributed by atoms with Crippen LogP contribution in [0.2, 0.25) is 0 Å². The average molecular weight is 460 g/mol. The number of rotatable bonds is 12. The summed E-state index contributed by atoms with van der Waals surface area (Å²) in [5.74, 6) is 0. The van der Waals surface area contributed by atoms with Crippen LogP contribution < -0.4 is 26.8 Å². The minimum Gasteiger partial charge on any atom is -1.00 e. The van der Waals surface area contributed by atoms with Gasteiger partial charge in [-0.3, -0.25) is 4.90 Å². The largest absolute Gasteiger partial charge is 1.00 e. The fraction of sp³-hybridized carbons (Fsp3) is 0.538. The molecule has 0 radical (unpaired) electrons. The first-order valence-corrected chi connectivity index (χ1v) is 11.5. The Morgan fingerprint density at radius 2 is 1.34 bits per heavy atom. The molecule has 1 aliphatic heterocycles. The molecule has 0 amide bonds. The van der Waals surface area contributed by atoms with E-state index in [1.54, 1.807) is 4.90 Å². The Morgan fingerprint density at radius 1 is 0.759 bits per heavy atom. The molecule has 1 N–H and O–H groups in total. The zero-order valence-electron chi connectivity index (χ0n) is 18.4. The van der Waals surface area contributed by atoms with E-state index in [1.807, 2.05) is 0 Å². The number of fused-ring (bicyclic) bond motifs is 1. The molecule has 0 saturated heterocycles. The van der Waals surface area contributed by atoms with Crippen molar-refractivity contribution in [3.8, 4) is 0 Å². The first-order valence-electron chi connectivity index (χ1n) is 11.5. The number of hydrogen-bond donors (Lipinski definition) is 1. The monoisotopic (exact) mass is 458 g/mol. The first-order chi connectivity index (χ1) is 13.8. The highest BCUT2D eigenvalue weighted by Gasteiger charge is 2.37. The van der Waals surface area contributed by atoms with Crippen molar-refractivity contribution in [2.75, 3.05) is 11.9 Å². The highest BCUT2D eigenvalue weighted by atomic mass is 79.9. The van der Waals surface area contributed by atoms with Gasteiger partial charge in [-0.25, -0.2) is 0 Å². The standard InChI is InChI=1S/C26H38N2.BrH/c1-3-4-5-6-7-8-9-10-14-21-26-27(2)24-19-15-16-20-25(24)28(26)22-23-17-12-11-13-18-23;/h11-13,15-20,26H,3-10,14,21-22H2,1-2H3;1H. The summed E-state index contributed by atoms with van der Waals surface area (Å²) in [6, 6.07) is 19.9. The van der Waals surface area contributed by atoms with Crippen molar-refractivity contribution < 1.29 is 21.9 Å². The number of quaternary nitrogens is 1. The average Bonchev–Trinajstić information content (AvgIpc) is 2.99. The van der Waals surface area contributed by atoms with E-state index in [2.05, 4.69) is 73.5 Å². The summed E-state index contributed by atoms with van der Waals surface area (Å²) in [7, 11) is 2.35. The lowest BCUT2D eigenvalue weighted by Crippen LogP contribution is -3.08. The van der Waals surface area contributed by atoms with Gasteiger partial charge in [0.15, 0.2) is 11.9 Å². The van der Waals surface area contributed by atoms with E-state index in [0.717, 1.165) is 6.54 Å². The van der Waals surface area contributed by atoms with Crippen LogP contribution in [0.25, 0.3) is 0 Å². The minimum absolute atomic E-state index is 0. The van der Waals surface area contributed by atoms with Gasteiger partial charge in [0.1, 0.15) is 5.69 Å². The predicted molar refractivity (Wildman–Crippen MR) is 121 cm³/mol. The minimum atomic E-state index is 0. The van der Waals surface area contributed by atoms with E-state index in [9.17, 15) is 0 Å². The van der Waals surface area contributed by atoms with Gasteiger partial charge in [-0.15, -0.1) is 0 Å². The third kappa shape index (κ3) is 6.86. The van der Waals surface area contributed by atoms with Crippen LogP contribution in [-0.4, -0.2) is 13.2 Å². The second-order valence-corrected chi connectivity index (χ2v) is 8.45. The summed E-state index contributed by atoms with van der Waals surface area (Å²) >= 11 is 0. The second-order valence-electron chi connectivity index (χ2n) is 8.45. The highest BCUT2D eigenvalue weighted by molar-refractivity contribution is 5.66. The van der Waals surface area contributed by atoms with Gasteiger partial charge in [0.25, 0.3) is 0 Å². The molecule has 0 saturated carbocycles. The molecule has 1 aliphatic rings. The number of para-hydroxylation sites is 2. The molecule has 0 aliphatic carbocycles. The number of halogens is 1. The molecule has 3 rings (SSSR count). The van der Waals surface area contributed by atoms with Crippen molar-refractivity contribution in [2.24, 2.45) is 0 Å². The van der Waals surface area contributed by atoms with Crippen LogP contribution in [0.3, 0.4) is 0 Å². The van der Waals surface area contributed by atoms with E-state index < -0.39 is 0 Å². The number of anilines is 1. The summed E-state index contributed by atoms with van der Waals surface area (Å²) in [5.41, 5.74) is 4.29. The van der Waals surface area contributed by atoms with Crippen LogP contribution in [0.15, 0.2) is 54.6 Å². The Kier molecular flexibility index (Phi) is 10.8. The summed E-state index contributed by atoms with van der Waals surface area (Å²) in [5, 5.41) is 0. The maximum absolute atomic E-state index is 2.64. The van der Waals surface area contributed by atoms with Gasteiger partial charge in [-0.05, 0) is 18.1 Å². The summed E-state index contributed by atoms with van der Waals surface area (Å²) < 4.78 is 0. The molecule has 2 unspecified atom stereocenters. The van der Waals surface area contributed by atoms with Gasteiger partial charge in [-0.1, -0.05) is 101 Å². The van der Waals surface area contributed by atoms with Gasteiger partial charge >= 0.3 is 0 Å². The number of nitrogens with zero attached hydrogens (tertiary/aromatic N) is 1. The molecule has 1 heterocycles. The first kappa shape index (κ1) is 24.0. The van der Waals surface area contributed by atoms with E-state index in [1.165, 1.54) is 81.1 Å². The molecule has 2 aromatic carbocycles. The Morgan fingerprint density at radius 3 is 2.03 bits per heavy atom. The Bertz CT molecular complexity index is 688. The van der Waals surface area contributed by atoms with E-state index in [4.69, 9.17) is 0 Å². The van der Waals surface area contributed by atoms with Gasteiger partial charge in [0.05, 0.1) is 7.05 Å². The normalized spacial score (nSPS) is 17.8. The lowest BCUT2D eigenvalue weighted by molar-refractivity contribution is -0.832. The molecule has 3 heteroatoms. The van der Waals surface area contributed by atoms with Crippen LogP contribution in [0.1, 0.15) is 76.7 Å². The fourth-order valence-corrected chi connectivity index (χ4v) is 4.63. The van der Waals surface area contributed by atoms with Crippen molar-refractivity contribution in [3.63, 3.8) is 0 Å². The van der Waals surface area contributed by atoms with Gasteiger partial charge in [-0.2, -0.15) is 0 Å². The van der Waals surface area contributed by atoms with Crippen LogP contribution >= 0.6 is 0 Å². The van der Waals surface area contributed by atoms with Crippen molar-refractivity contribution in [1.82, 2.24) is 0 Å². The summed E-state index contributed by atoms with van der Waals surface area (Å²) in [4.78, 5) is 4.20. The Balaban J connectivity index is 0.00000300. The van der Waals surface area contributed by atoms with Crippen molar-refractivity contribution in [1.29, 1.82) is 0 Å². The van der Waals surface area contributed by atoms with Crippen LogP contribution in [0.5, 0.6) is 0 Å². The topological polar surface area (TPSA) is 7.68 Å². The van der Waals surface area contributed by atoms with Crippen LogP contribution in [0.4, 0.5) is 11.4 Å². The molecular formula is C26H39BrN2. The maximum Gasteiger partial charge on any atom is 0.168 e. The molecule has 160 valence electrons. The van der Waals surface area contributed by atoms with E-state index in [0.29, 0.717) is 6.17 Å². The fourth-order valence-electron chi connectivity index (χ4n) is 4.63. The molecular weight excluding hydrogens is 420 g/mol. The maximum atomic E-state index is 2.64. The number of nitrogens with one attached hydrogen (secondary N) is 1. The molecule has 0 bridgehead atoms. The van der Waals surface area contributed by atoms with Crippen LogP contribution in [0, 0.1) is 0 Å². The zero-order chi connectivity index (χ0) is 19.6. The molecule has 29 heavy (non-hydrogen) atoms. The van der Waals surface area contributed by atoms with E-state index in [-0.39, 0.29) is 17.0 Å². The van der Waals surface area contributed by atoms with Gasteiger partial charge < -0.3 is 21.9 Å². The van der Waals surface area contributed by atoms with Gasteiger partial charge in [0.2, 0.25) is 0 Å². The van der Waals surface area contributed by atoms with Gasteiger partial charge in [0, 0.05) is 19.0 Å². The zero-order valence-corrected chi connectivity index (χ0v) is 20.0. The molecule has 2 nitrogen and oxygen atoms in total. The second kappa shape index (κ2) is 13.1. The lowest BCUT2D eigenvalue weighted by Gasteiger charge is -2.27. The number of hydrogen-bond acceptors (Lipinski definition) is 1. The van der Waals surface area contributed by atoms with Crippen molar-refractivity contribution in [3.05, 3.63) is 60.2 Å². The third-order valence-corrected chi connectivity index (χ3v) is 6.29. The SMILES string of the molecule is CCCCCCCCCCCC1N(Cc2ccccc2)c2ccccc2[NH+]1C.[Br-].